The molecule has 1 rings (SSSR count). The molecular weight excluding hydrogens is 112 g/mol. The normalized spacial score (nSPS) is 9.25. The monoisotopic (exact) mass is 114 g/mol. The predicted octanol–water partition coefficient (Wildman–Crippen LogP) is 1.16. The van der Waals surface area contributed by atoms with Crippen LogP contribution >= 0.6 is 0 Å². The minimum absolute atomic E-state index is 0.647. The summed E-state index contributed by atoms with van der Waals surface area (Å²) in [5.74, 6) is -1.36. The molecule has 0 bridgehead atoms. The summed E-state index contributed by atoms with van der Waals surface area (Å²) >= 11 is 0. The van der Waals surface area contributed by atoms with Gasteiger partial charge in [-0.3, -0.25) is 0 Å². The molecule has 3 heteroatoms. The zero-order valence-electron chi connectivity index (χ0n) is 3.86. The summed E-state index contributed by atoms with van der Waals surface area (Å²) in [7, 11) is 0. The first kappa shape index (κ1) is 5.15. The second-order valence-electron chi connectivity index (χ2n) is 1.22. The van der Waals surface area contributed by atoms with Crippen LogP contribution in [0.5, 0.6) is 0 Å². The maximum absolute atomic E-state index is 11.8. The Morgan fingerprint density at radius 1 is 1.50 bits per heavy atom. The highest BCUT2D eigenvalue weighted by Gasteiger charge is 1.89. The largest absolute Gasteiger partial charge is 0.225 e. The van der Waals surface area contributed by atoms with Gasteiger partial charge < -0.3 is 0 Å². The molecule has 1 radical (unpaired) electrons. The molecule has 0 aliphatic rings. The molecule has 0 saturated heterocycles. The summed E-state index contributed by atoms with van der Waals surface area (Å²) in [6.45, 7) is 0. The second kappa shape index (κ2) is 1.86. The average Bonchev–Trinajstić information content (AvgIpc) is 1.77. The van der Waals surface area contributed by atoms with Gasteiger partial charge in [-0.1, -0.05) is 0 Å². The molecule has 8 heavy (non-hydrogen) atoms. The van der Waals surface area contributed by atoms with E-state index in [0.29, 0.717) is 0 Å². The van der Waals surface area contributed by atoms with Crippen LogP contribution in [0.1, 0.15) is 0 Å². The van der Waals surface area contributed by atoms with Crippen LogP contribution in [0.25, 0.3) is 0 Å². The molecule has 1 aromatic rings. The van der Waals surface area contributed by atoms with Gasteiger partial charge in [0.2, 0.25) is 5.95 Å². The van der Waals surface area contributed by atoms with Gasteiger partial charge in [-0.25, -0.2) is 9.37 Å². The molecule has 0 fully saturated rings. The average molecular weight is 114 g/mol. The zero-order chi connectivity index (χ0) is 5.98. The minimum atomic E-state index is -0.716. The molecule has 0 aliphatic heterocycles. The Bertz CT molecular complexity index is 149. The quantitative estimate of drug-likeness (QED) is 0.461. The summed E-state index contributed by atoms with van der Waals surface area (Å²) in [5, 5.41) is 0. The molecule has 0 spiro atoms. The van der Waals surface area contributed by atoms with Crippen molar-refractivity contribution in [3.63, 3.8) is 0 Å². The summed E-state index contributed by atoms with van der Waals surface area (Å²) in [5.41, 5.74) is 0. The van der Waals surface area contributed by atoms with Gasteiger partial charge in [0.1, 0.15) is 5.82 Å². The lowest BCUT2D eigenvalue weighted by Gasteiger charge is -1.82. The summed E-state index contributed by atoms with van der Waals surface area (Å²) in [6.07, 6.45) is 0.773. The van der Waals surface area contributed by atoms with Gasteiger partial charge in [0.15, 0.2) is 0 Å². The van der Waals surface area contributed by atoms with E-state index in [0.717, 1.165) is 12.3 Å². The third-order valence-corrected chi connectivity index (χ3v) is 0.630. The van der Waals surface area contributed by atoms with Crippen LogP contribution in [0.2, 0.25) is 0 Å². The number of aromatic nitrogens is 1. The van der Waals surface area contributed by atoms with Crippen molar-refractivity contribution in [3.05, 3.63) is 30.1 Å². The summed E-state index contributed by atoms with van der Waals surface area (Å²) in [6, 6.07) is 2.84. The fourth-order valence-corrected chi connectivity index (χ4v) is 0.321. The van der Waals surface area contributed by atoms with E-state index in [1.54, 1.807) is 0 Å². The van der Waals surface area contributed by atoms with Crippen molar-refractivity contribution in [2.75, 3.05) is 0 Å². The van der Waals surface area contributed by atoms with Crippen LogP contribution in [0.15, 0.2) is 12.3 Å². The Morgan fingerprint density at radius 2 is 2.25 bits per heavy atom. The van der Waals surface area contributed by atoms with Crippen molar-refractivity contribution in [1.82, 2.24) is 4.98 Å². The van der Waals surface area contributed by atoms with Gasteiger partial charge in [-0.2, -0.15) is 4.39 Å². The third-order valence-electron chi connectivity index (χ3n) is 0.630. The van der Waals surface area contributed by atoms with Crippen LogP contribution < -0.4 is 0 Å². The standard InChI is InChI=1S/C5H2F2N/c6-4-1-2-5(7)8-3-4/h2-3H. The number of nitrogens with zero attached hydrogens (tertiary/aromatic N) is 1. The van der Waals surface area contributed by atoms with Crippen LogP contribution in [0.4, 0.5) is 8.78 Å². The number of pyridine rings is 1. The highest BCUT2D eigenvalue weighted by atomic mass is 19.1. The second-order valence-corrected chi connectivity index (χ2v) is 1.22. The summed E-state index contributed by atoms with van der Waals surface area (Å²) < 4.78 is 23.6. The van der Waals surface area contributed by atoms with Crippen molar-refractivity contribution in [2.24, 2.45) is 0 Å². The van der Waals surface area contributed by atoms with E-state index >= 15 is 0 Å². The Kier molecular flexibility index (Phi) is 1.20. The molecule has 0 unspecified atom stereocenters. The van der Waals surface area contributed by atoms with Crippen LogP contribution in [0, 0.1) is 17.8 Å². The van der Waals surface area contributed by atoms with Crippen molar-refractivity contribution in [1.29, 1.82) is 0 Å². The first-order valence-corrected chi connectivity index (χ1v) is 1.98. The maximum Gasteiger partial charge on any atom is 0.213 e. The van der Waals surface area contributed by atoms with E-state index in [2.05, 4.69) is 4.98 Å². The topological polar surface area (TPSA) is 12.9 Å². The van der Waals surface area contributed by atoms with Gasteiger partial charge in [-0.15, -0.1) is 0 Å². The van der Waals surface area contributed by atoms with Gasteiger partial charge in [-0.05, 0) is 0 Å². The molecule has 41 valence electrons. The van der Waals surface area contributed by atoms with E-state index in [9.17, 15) is 8.78 Å². The number of halogens is 2. The third kappa shape index (κ3) is 0.992. The van der Waals surface area contributed by atoms with Gasteiger partial charge in [0, 0.05) is 12.1 Å². The predicted molar refractivity (Wildman–Crippen MR) is 23.0 cm³/mol. The smallest absolute Gasteiger partial charge is 0.213 e. The molecule has 0 aromatic carbocycles. The lowest BCUT2D eigenvalue weighted by molar-refractivity contribution is 0.558. The van der Waals surface area contributed by atoms with Gasteiger partial charge >= 0.3 is 0 Å². The van der Waals surface area contributed by atoms with Crippen LogP contribution in [-0.4, -0.2) is 4.98 Å². The van der Waals surface area contributed by atoms with Gasteiger partial charge in [0.25, 0.3) is 0 Å². The van der Waals surface area contributed by atoms with Crippen molar-refractivity contribution in [3.8, 4) is 0 Å². The first-order valence-electron chi connectivity index (χ1n) is 1.98. The van der Waals surface area contributed by atoms with Crippen LogP contribution in [0.3, 0.4) is 0 Å². The summed E-state index contributed by atoms with van der Waals surface area (Å²) in [4.78, 5) is 3.01. The lowest BCUT2D eigenvalue weighted by atomic mass is 10.5. The Hall–Kier alpha value is -0.990. The molecule has 0 amide bonds. The zero-order valence-corrected chi connectivity index (χ0v) is 3.86. The molecule has 0 aliphatic carbocycles. The van der Waals surface area contributed by atoms with Crippen LogP contribution in [-0.2, 0) is 0 Å². The van der Waals surface area contributed by atoms with E-state index in [4.69, 9.17) is 0 Å². The van der Waals surface area contributed by atoms with Gasteiger partial charge in [0.05, 0.1) is 6.20 Å². The fraction of sp³-hybridized carbons (Fsp3) is 0. The highest BCUT2D eigenvalue weighted by molar-refractivity contribution is 4.92. The Labute approximate surface area is 45.0 Å². The molecule has 1 aromatic heterocycles. The van der Waals surface area contributed by atoms with E-state index < -0.39 is 11.8 Å². The first-order chi connectivity index (χ1) is 3.79. The molecule has 1 heterocycles. The maximum atomic E-state index is 11.8. The molecule has 0 atom stereocenters. The minimum Gasteiger partial charge on any atom is -0.225 e. The Morgan fingerprint density at radius 3 is 2.62 bits per heavy atom. The Balaban J connectivity index is 3.03. The van der Waals surface area contributed by atoms with E-state index in [1.165, 1.54) is 0 Å². The van der Waals surface area contributed by atoms with E-state index in [-0.39, 0.29) is 0 Å². The fourth-order valence-electron chi connectivity index (χ4n) is 0.321. The lowest BCUT2D eigenvalue weighted by Crippen LogP contribution is -1.81. The van der Waals surface area contributed by atoms with Crippen molar-refractivity contribution < 1.29 is 8.78 Å². The number of hydrogen-bond donors (Lipinski definition) is 0. The number of hydrogen-bond acceptors (Lipinski definition) is 1. The molecule has 0 saturated carbocycles. The van der Waals surface area contributed by atoms with E-state index in [1.807, 2.05) is 6.07 Å². The van der Waals surface area contributed by atoms with Crippen molar-refractivity contribution in [2.45, 2.75) is 0 Å². The molecule has 0 N–H and O–H groups in total. The van der Waals surface area contributed by atoms with Crippen molar-refractivity contribution >= 4 is 0 Å². The highest BCUT2D eigenvalue weighted by Crippen LogP contribution is 1.92. The number of rotatable bonds is 0. The SMILES string of the molecule is Fc1[c]cc(F)nc1. The molecule has 1 nitrogen and oxygen atoms in total. The molecular formula is C5H2F2N.